The Kier molecular flexibility index (Phi) is 8.84. The summed E-state index contributed by atoms with van der Waals surface area (Å²) in [4.78, 5) is 5.58. The average Bonchev–Trinajstić information content (AvgIpc) is 3.30. The number of hydrogen-bond acceptors (Lipinski definition) is 5. The van der Waals surface area contributed by atoms with Gasteiger partial charge in [-0.2, -0.15) is 13.2 Å². The topological polar surface area (TPSA) is 62.4 Å². The highest BCUT2D eigenvalue weighted by Gasteiger charge is 2.34. The fraction of sp³-hybridized carbons (Fsp3) is 0.250. The third kappa shape index (κ3) is 7.31. The normalized spacial score (nSPS) is 16.5. The highest BCUT2D eigenvalue weighted by atomic mass is 35.5. The summed E-state index contributed by atoms with van der Waals surface area (Å²) >= 11 is 8.01. The van der Waals surface area contributed by atoms with Crippen LogP contribution >= 0.6 is 23.4 Å². The molecule has 0 aliphatic carbocycles. The Labute approximate surface area is 224 Å². The number of aryl methyl sites for hydroxylation is 1. The summed E-state index contributed by atoms with van der Waals surface area (Å²) < 4.78 is 41.4. The third-order valence-electron chi connectivity index (χ3n) is 5.94. The fourth-order valence-electron chi connectivity index (χ4n) is 3.94. The monoisotopic (exact) mass is 544 g/mol. The molecule has 9 heteroatoms. The molecule has 3 aromatic rings. The molecule has 0 saturated carbocycles. The van der Waals surface area contributed by atoms with E-state index >= 15 is 0 Å². The summed E-state index contributed by atoms with van der Waals surface area (Å²) in [5, 5.41) is 6.53. The van der Waals surface area contributed by atoms with Crippen LogP contribution in [0.2, 0.25) is 5.02 Å². The van der Waals surface area contributed by atoms with E-state index < -0.39 is 11.7 Å². The van der Waals surface area contributed by atoms with Crippen molar-refractivity contribution in [3.63, 3.8) is 0 Å². The zero-order valence-electron chi connectivity index (χ0n) is 20.3. The minimum absolute atomic E-state index is 0.0217. The first kappa shape index (κ1) is 27.1. The zero-order valence-corrected chi connectivity index (χ0v) is 21.9. The second kappa shape index (κ2) is 12.1. The van der Waals surface area contributed by atoms with E-state index in [2.05, 4.69) is 40.8 Å². The van der Waals surface area contributed by atoms with Crippen molar-refractivity contribution < 1.29 is 13.2 Å². The second-order valence-electron chi connectivity index (χ2n) is 8.74. The number of nitrogens with one attached hydrogen (secondary N) is 2. The Hall–Kier alpha value is -2.94. The molecule has 0 saturated heterocycles. The van der Waals surface area contributed by atoms with Crippen molar-refractivity contribution in [3.05, 3.63) is 87.3 Å². The molecule has 1 heterocycles. The van der Waals surface area contributed by atoms with Gasteiger partial charge in [-0.1, -0.05) is 59.8 Å². The molecule has 0 aromatic heterocycles. The average molecular weight is 545 g/mol. The van der Waals surface area contributed by atoms with Gasteiger partial charge in [0.15, 0.2) is 5.50 Å². The van der Waals surface area contributed by atoms with Gasteiger partial charge in [0.2, 0.25) is 0 Å². The molecule has 1 aliphatic heterocycles. The van der Waals surface area contributed by atoms with Crippen molar-refractivity contribution in [3.8, 4) is 11.1 Å². The van der Waals surface area contributed by atoms with Crippen LogP contribution in [0.1, 0.15) is 29.5 Å². The fourth-order valence-corrected chi connectivity index (χ4v) is 5.11. The number of nitrogens with zero attached hydrogens (tertiary/aromatic N) is 1. The summed E-state index contributed by atoms with van der Waals surface area (Å²) in [5.41, 5.74) is 8.67. The predicted octanol–water partition coefficient (Wildman–Crippen LogP) is 7.84. The number of aliphatic imine (C=N–C) groups is 1. The van der Waals surface area contributed by atoms with E-state index in [1.54, 1.807) is 36.0 Å². The van der Waals surface area contributed by atoms with Gasteiger partial charge in [-0.25, -0.2) is 0 Å². The summed E-state index contributed by atoms with van der Waals surface area (Å²) in [6.45, 7) is 3.17. The van der Waals surface area contributed by atoms with E-state index in [9.17, 15) is 13.2 Å². The second-order valence-corrected chi connectivity index (χ2v) is 10.3. The lowest BCUT2D eigenvalue weighted by Crippen LogP contribution is -2.24. The molecule has 1 atom stereocenters. The molecule has 4 rings (SSSR count). The van der Waals surface area contributed by atoms with Crippen LogP contribution in [0.5, 0.6) is 0 Å². The number of anilines is 2. The first-order valence-corrected chi connectivity index (χ1v) is 13.2. The number of allylic oxidation sites excluding steroid dienone is 1. The predicted molar refractivity (Wildman–Crippen MR) is 151 cm³/mol. The molecule has 1 aliphatic rings. The van der Waals surface area contributed by atoms with Crippen molar-refractivity contribution >= 4 is 47.0 Å². The molecule has 0 radical (unpaired) electrons. The number of unbranched alkanes of at least 4 members (excludes halogenated alkanes) is 1. The Morgan fingerprint density at radius 1 is 1.05 bits per heavy atom. The van der Waals surface area contributed by atoms with Crippen LogP contribution in [0, 0.1) is 6.92 Å². The van der Waals surface area contributed by atoms with E-state index in [-0.39, 0.29) is 16.2 Å². The summed E-state index contributed by atoms with van der Waals surface area (Å²) in [7, 11) is 0. The molecular formula is C28H28ClF3N4S. The molecule has 4 N–H and O–H groups in total. The van der Waals surface area contributed by atoms with Gasteiger partial charge in [0.25, 0.3) is 0 Å². The van der Waals surface area contributed by atoms with Crippen LogP contribution in [-0.4, -0.2) is 24.8 Å². The number of hydrogen-bond donors (Lipinski definition) is 3. The van der Waals surface area contributed by atoms with Crippen LogP contribution in [0.3, 0.4) is 0 Å². The van der Waals surface area contributed by atoms with Crippen molar-refractivity contribution in [2.45, 2.75) is 31.4 Å². The molecule has 3 aromatic carbocycles. The Bertz CT molecular complexity index is 1290. The van der Waals surface area contributed by atoms with Gasteiger partial charge >= 0.3 is 6.18 Å². The first-order valence-electron chi connectivity index (χ1n) is 11.9. The largest absolute Gasteiger partial charge is 0.418 e. The summed E-state index contributed by atoms with van der Waals surface area (Å²) in [5.74, 6) is 0. The highest BCUT2D eigenvalue weighted by molar-refractivity contribution is 8.04. The van der Waals surface area contributed by atoms with Gasteiger partial charge in [0.05, 0.1) is 10.6 Å². The minimum Gasteiger partial charge on any atom is -0.399 e. The van der Waals surface area contributed by atoms with Crippen molar-refractivity contribution in [2.24, 2.45) is 4.99 Å². The quantitative estimate of drug-likeness (QED) is 0.190. The number of thioether (sulfide) groups is 1. The molecular weight excluding hydrogens is 517 g/mol. The Morgan fingerprint density at radius 2 is 1.78 bits per heavy atom. The van der Waals surface area contributed by atoms with Gasteiger partial charge in [0.1, 0.15) is 0 Å². The number of nitrogen functional groups attached to an aromatic ring is 1. The molecule has 0 amide bonds. The maximum absolute atomic E-state index is 13.8. The lowest BCUT2D eigenvalue weighted by Gasteiger charge is -2.18. The van der Waals surface area contributed by atoms with E-state index in [1.807, 2.05) is 18.3 Å². The van der Waals surface area contributed by atoms with E-state index in [0.29, 0.717) is 36.3 Å². The standard InChI is InChI=1S/C28H28ClF3N4S/c1-18-6-2-3-7-20(18)14-22-17-36-27(37-22)35-13-5-4-12-34-26-16-25(29)23(15-24(26)28(30,31)32)19-8-10-21(33)11-9-19/h2-3,6-11,14-17,27,34-35H,4-5,12-13,33H2,1H3. The first-order chi connectivity index (χ1) is 17.7. The number of benzene rings is 3. The maximum Gasteiger partial charge on any atom is 0.418 e. The Morgan fingerprint density at radius 3 is 2.51 bits per heavy atom. The molecule has 0 spiro atoms. The SMILES string of the molecule is Cc1ccccc1C=C1C=NC(NCCCCNc2cc(Cl)c(-c3ccc(N)cc3)cc2C(F)(F)F)S1. The number of alkyl halides is 3. The molecule has 4 nitrogen and oxygen atoms in total. The van der Waals surface area contributed by atoms with Gasteiger partial charge in [0, 0.05) is 34.6 Å². The summed E-state index contributed by atoms with van der Waals surface area (Å²) in [6, 6.07) is 17.2. The van der Waals surface area contributed by atoms with Crippen molar-refractivity contribution in [1.29, 1.82) is 0 Å². The van der Waals surface area contributed by atoms with Gasteiger partial charge < -0.3 is 11.1 Å². The van der Waals surface area contributed by atoms with Crippen LogP contribution in [0.25, 0.3) is 17.2 Å². The lowest BCUT2D eigenvalue weighted by atomic mass is 10.0. The molecule has 0 bridgehead atoms. The number of rotatable bonds is 9. The zero-order chi connectivity index (χ0) is 26.4. The van der Waals surface area contributed by atoms with Gasteiger partial charge in [-0.15, -0.1) is 0 Å². The van der Waals surface area contributed by atoms with Crippen LogP contribution in [0.4, 0.5) is 24.5 Å². The summed E-state index contributed by atoms with van der Waals surface area (Å²) in [6.07, 6.45) is 0.950. The molecule has 1 unspecified atom stereocenters. The van der Waals surface area contributed by atoms with Crippen molar-refractivity contribution in [1.82, 2.24) is 5.32 Å². The number of nitrogens with two attached hydrogens (primary N) is 1. The van der Waals surface area contributed by atoms with Crippen LogP contribution in [0.15, 0.2) is 70.6 Å². The molecule has 194 valence electrons. The molecule has 37 heavy (non-hydrogen) atoms. The van der Waals surface area contributed by atoms with Gasteiger partial charge in [-0.05, 0) is 73.3 Å². The van der Waals surface area contributed by atoms with Gasteiger partial charge in [-0.3, -0.25) is 10.3 Å². The lowest BCUT2D eigenvalue weighted by molar-refractivity contribution is -0.136. The smallest absolute Gasteiger partial charge is 0.399 e. The third-order valence-corrected chi connectivity index (χ3v) is 7.26. The maximum atomic E-state index is 13.8. The minimum atomic E-state index is -4.52. The van der Waals surface area contributed by atoms with E-state index in [0.717, 1.165) is 17.4 Å². The van der Waals surface area contributed by atoms with E-state index in [4.69, 9.17) is 17.3 Å². The van der Waals surface area contributed by atoms with Crippen LogP contribution in [-0.2, 0) is 6.18 Å². The van der Waals surface area contributed by atoms with E-state index in [1.165, 1.54) is 17.2 Å². The molecule has 0 fully saturated rings. The number of halogens is 4. The van der Waals surface area contributed by atoms with Crippen LogP contribution < -0.4 is 16.4 Å². The van der Waals surface area contributed by atoms with Crippen molar-refractivity contribution in [2.75, 3.05) is 24.1 Å². The highest BCUT2D eigenvalue weighted by Crippen LogP contribution is 2.41. The Balaban J connectivity index is 1.27.